The number of nitrogens with zero attached hydrogens (tertiary/aromatic N) is 2. The highest BCUT2D eigenvalue weighted by Crippen LogP contribution is 2.37. The molecule has 0 N–H and O–H groups in total. The second-order valence-electron chi connectivity index (χ2n) is 2.89. The lowest BCUT2D eigenvalue weighted by Gasteiger charge is -2.09. The van der Waals surface area contributed by atoms with Crippen LogP contribution < -0.4 is 0 Å². The van der Waals surface area contributed by atoms with E-state index in [1.54, 1.807) is 18.2 Å². The van der Waals surface area contributed by atoms with Crippen LogP contribution in [0.1, 0.15) is 5.69 Å². The molecule has 2 nitrogen and oxygen atoms in total. The molecule has 0 aliphatic carbocycles. The first-order valence-electron chi connectivity index (χ1n) is 3.96. The summed E-state index contributed by atoms with van der Waals surface area (Å²) in [5, 5.41) is 0.568. The van der Waals surface area contributed by atoms with E-state index in [9.17, 15) is 0 Å². The van der Waals surface area contributed by atoms with Gasteiger partial charge in [0.05, 0.1) is 17.2 Å². The predicted octanol–water partition coefficient (Wildman–Crippen LogP) is 4.11. The van der Waals surface area contributed by atoms with E-state index in [1.807, 2.05) is 0 Å². The summed E-state index contributed by atoms with van der Waals surface area (Å²) in [7, 11) is 0. The van der Waals surface area contributed by atoms with Gasteiger partial charge in [0.1, 0.15) is 5.69 Å². The molecule has 0 atom stereocenters. The molecule has 0 aliphatic rings. The van der Waals surface area contributed by atoms with Crippen LogP contribution in [0.4, 0.5) is 0 Å². The fourth-order valence-corrected chi connectivity index (χ4v) is 1.56. The summed E-state index contributed by atoms with van der Waals surface area (Å²) in [6, 6.07) is 5.16. The highest BCUT2D eigenvalue weighted by Gasteiger charge is 2.25. The van der Waals surface area contributed by atoms with Gasteiger partial charge in [-0.05, 0) is 18.2 Å². The third-order valence-electron chi connectivity index (χ3n) is 1.79. The number of aromatic nitrogens is 2. The van der Waals surface area contributed by atoms with E-state index in [0.717, 1.165) is 0 Å². The number of hydrogen-bond donors (Lipinski definition) is 0. The van der Waals surface area contributed by atoms with Gasteiger partial charge in [-0.1, -0.05) is 46.4 Å². The van der Waals surface area contributed by atoms with Crippen molar-refractivity contribution in [3.05, 3.63) is 35.1 Å². The van der Waals surface area contributed by atoms with Gasteiger partial charge in [0, 0.05) is 5.02 Å². The minimum atomic E-state index is -1.57. The van der Waals surface area contributed by atoms with Gasteiger partial charge in [-0.2, -0.15) is 0 Å². The van der Waals surface area contributed by atoms with Crippen LogP contribution in [-0.4, -0.2) is 9.97 Å². The van der Waals surface area contributed by atoms with Gasteiger partial charge in [0.15, 0.2) is 0 Å². The number of benzene rings is 1. The lowest BCUT2D eigenvalue weighted by molar-refractivity contribution is 1.08. The molecule has 6 heteroatoms. The van der Waals surface area contributed by atoms with Gasteiger partial charge < -0.3 is 0 Å². The van der Waals surface area contributed by atoms with Crippen molar-refractivity contribution < 1.29 is 0 Å². The van der Waals surface area contributed by atoms with Crippen LogP contribution in [0.3, 0.4) is 0 Å². The minimum absolute atomic E-state index is 0.280. The first kappa shape index (κ1) is 11.2. The lowest BCUT2D eigenvalue weighted by Crippen LogP contribution is -2.04. The maximum Gasteiger partial charge on any atom is 0.234 e. The summed E-state index contributed by atoms with van der Waals surface area (Å²) >= 11 is 22.9. The zero-order valence-corrected chi connectivity index (χ0v) is 10.2. The van der Waals surface area contributed by atoms with E-state index in [2.05, 4.69) is 9.97 Å². The molecule has 2 rings (SSSR count). The Hall–Kier alpha value is -0.280. The maximum absolute atomic E-state index is 5.82. The van der Waals surface area contributed by atoms with Gasteiger partial charge in [0.2, 0.25) is 3.79 Å². The molecule has 0 bridgehead atoms. The molecule has 0 fully saturated rings. The molecule has 0 unspecified atom stereocenters. The Morgan fingerprint density at radius 1 is 1.07 bits per heavy atom. The highest BCUT2D eigenvalue weighted by molar-refractivity contribution is 6.66. The molecule has 1 aromatic carbocycles. The topological polar surface area (TPSA) is 25.8 Å². The van der Waals surface area contributed by atoms with Crippen LogP contribution in [-0.2, 0) is 3.79 Å². The third kappa shape index (κ3) is 2.45. The summed E-state index contributed by atoms with van der Waals surface area (Å²) in [4.78, 5) is 8.28. The van der Waals surface area contributed by atoms with Crippen molar-refractivity contribution in [2.45, 2.75) is 3.79 Å². The van der Waals surface area contributed by atoms with Crippen LogP contribution in [0.5, 0.6) is 0 Å². The Labute approximate surface area is 106 Å². The second-order valence-corrected chi connectivity index (χ2v) is 5.60. The van der Waals surface area contributed by atoms with Gasteiger partial charge in [-0.15, -0.1) is 0 Å². The zero-order chi connectivity index (χ0) is 11.1. The summed E-state index contributed by atoms with van der Waals surface area (Å²) in [5.74, 6) is 0. The first-order valence-corrected chi connectivity index (χ1v) is 5.47. The third-order valence-corrected chi connectivity index (χ3v) is 2.61. The molecule has 0 amide bonds. The van der Waals surface area contributed by atoms with E-state index < -0.39 is 3.79 Å². The Bertz CT molecular complexity index is 507. The van der Waals surface area contributed by atoms with E-state index in [-0.39, 0.29) is 5.69 Å². The average Bonchev–Trinajstić information content (AvgIpc) is 2.15. The number of halogens is 4. The SMILES string of the molecule is Clc1ccc2ncc(C(Cl)(Cl)Cl)nc2c1. The van der Waals surface area contributed by atoms with Gasteiger partial charge in [-0.3, -0.25) is 4.98 Å². The molecule has 0 saturated carbocycles. The van der Waals surface area contributed by atoms with Crippen LogP contribution >= 0.6 is 46.4 Å². The fourth-order valence-electron chi connectivity index (χ4n) is 1.12. The van der Waals surface area contributed by atoms with Gasteiger partial charge >= 0.3 is 0 Å². The van der Waals surface area contributed by atoms with E-state index >= 15 is 0 Å². The lowest BCUT2D eigenvalue weighted by atomic mass is 10.3. The summed E-state index contributed by atoms with van der Waals surface area (Å²) in [5.41, 5.74) is 1.59. The predicted molar refractivity (Wildman–Crippen MR) is 63.8 cm³/mol. The van der Waals surface area contributed by atoms with Crippen molar-refractivity contribution in [2.75, 3.05) is 0 Å². The molecule has 0 saturated heterocycles. The highest BCUT2D eigenvalue weighted by atomic mass is 35.6. The molecular formula is C9H4Cl4N2. The van der Waals surface area contributed by atoms with E-state index in [0.29, 0.717) is 16.1 Å². The van der Waals surface area contributed by atoms with Crippen molar-refractivity contribution in [2.24, 2.45) is 0 Å². The van der Waals surface area contributed by atoms with Gasteiger partial charge in [0.25, 0.3) is 0 Å². The van der Waals surface area contributed by atoms with Crippen molar-refractivity contribution in [1.29, 1.82) is 0 Å². The molecule has 0 aliphatic heterocycles. The smallest absolute Gasteiger partial charge is 0.234 e. The Balaban J connectivity index is 2.64. The Morgan fingerprint density at radius 3 is 2.47 bits per heavy atom. The van der Waals surface area contributed by atoms with Gasteiger partial charge in [-0.25, -0.2) is 4.98 Å². The maximum atomic E-state index is 5.82. The normalized spacial score (nSPS) is 12.0. The van der Waals surface area contributed by atoms with Crippen molar-refractivity contribution in [3.63, 3.8) is 0 Å². The number of hydrogen-bond acceptors (Lipinski definition) is 2. The van der Waals surface area contributed by atoms with Crippen LogP contribution in [0, 0.1) is 0 Å². The van der Waals surface area contributed by atoms with Crippen molar-refractivity contribution in [3.8, 4) is 0 Å². The number of rotatable bonds is 0. The largest absolute Gasteiger partial charge is 0.253 e. The van der Waals surface area contributed by atoms with Crippen LogP contribution in [0.2, 0.25) is 5.02 Å². The summed E-state index contributed by atoms with van der Waals surface area (Å²) in [6.45, 7) is 0. The molecule has 1 aromatic heterocycles. The molecule has 15 heavy (non-hydrogen) atoms. The Kier molecular flexibility index (Phi) is 2.95. The fraction of sp³-hybridized carbons (Fsp3) is 0.111. The van der Waals surface area contributed by atoms with E-state index in [1.165, 1.54) is 6.20 Å². The molecule has 0 radical (unpaired) electrons. The second kappa shape index (κ2) is 3.95. The van der Waals surface area contributed by atoms with Crippen LogP contribution in [0.25, 0.3) is 11.0 Å². The Morgan fingerprint density at radius 2 is 1.80 bits per heavy atom. The monoisotopic (exact) mass is 280 g/mol. The summed E-state index contributed by atoms with van der Waals surface area (Å²) in [6.07, 6.45) is 1.43. The standard InChI is InChI=1S/C9H4Cl4N2/c10-5-1-2-6-7(3-5)15-8(4-14-6)9(11,12)13/h1-4H. The number of alkyl halides is 3. The van der Waals surface area contributed by atoms with Crippen molar-refractivity contribution in [1.82, 2.24) is 9.97 Å². The molecule has 0 spiro atoms. The van der Waals surface area contributed by atoms with E-state index in [4.69, 9.17) is 46.4 Å². The van der Waals surface area contributed by atoms with Crippen molar-refractivity contribution >= 4 is 57.4 Å². The molecule has 78 valence electrons. The molecular weight excluding hydrogens is 278 g/mol. The summed E-state index contributed by atoms with van der Waals surface area (Å²) < 4.78 is -1.57. The van der Waals surface area contributed by atoms with Crippen LogP contribution in [0.15, 0.2) is 24.4 Å². The zero-order valence-electron chi connectivity index (χ0n) is 7.22. The number of fused-ring (bicyclic) bond motifs is 1. The molecule has 2 aromatic rings. The first-order chi connectivity index (χ1) is 6.97. The average molecular weight is 282 g/mol. The molecule has 1 heterocycles. The minimum Gasteiger partial charge on any atom is -0.253 e. The quantitative estimate of drug-likeness (QED) is 0.679.